The molecule has 0 saturated carbocycles. The normalized spacial score (nSPS) is 14.6. The maximum absolute atomic E-state index is 12.6. The molecule has 0 spiro atoms. The number of carbonyl (C=O) groups excluding carboxylic acids is 1. The average molecular weight is 450 g/mol. The fourth-order valence-corrected chi connectivity index (χ4v) is 3.19. The van der Waals surface area contributed by atoms with Crippen LogP contribution in [0.3, 0.4) is 0 Å². The van der Waals surface area contributed by atoms with E-state index in [0.717, 1.165) is 26.2 Å². The third-order valence-corrected chi connectivity index (χ3v) is 4.78. The van der Waals surface area contributed by atoms with Crippen LogP contribution in [0.25, 0.3) is 5.57 Å². The van der Waals surface area contributed by atoms with Crippen molar-refractivity contribution in [2.24, 2.45) is 0 Å². The Kier molecular flexibility index (Phi) is 5.17. The maximum atomic E-state index is 12.6. The molecular formula is C19H19IN2O3. The molecule has 25 heavy (non-hydrogen) atoms. The number of nitrogens with one attached hydrogen (secondary N) is 2. The van der Waals surface area contributed by atoms with Crippen molar-refractivity contribution in [3.05, 3.63) is 51.2 Å². The van der Waals surface area contributed by atoms with Gasteiger partial charge in [0, 0.05) is 26.6 Å². The summed E-state index contributed by atoms with van der Waals surface area (Å²) in [4.78, 5) is 12.6. The van der Waals surface area contributed by atoms with Crippen molar-refractivity contribution in [2.45, 2.75) is 13.3 Å². The number of hydrogen-bond donors (Lipinski definition) is 2. The Balaban J connectivity index is 2.07. The lowest BCUT2D eigenvalue weighted by molar-refractivity contribution is -0.110. The van der Waals surface area contributed by atoms with Gasteiger partial charge in [-0.25, -0.2) is 0 Å². The fourth-order valence-electron chi connectivity index (χ4n) is 2.83. The van der Waals surface area contributed by atoms with E-state index >= 15 is 0 Å². The number of methoxy groups -OCH3 is 2. The first-order valence-corrected chi connectivity index (χ1v) is 8.98. The topological polar surface area (TPSA) is 59.6 Å². The lowest BCUT2D eigenvalue weighted by atomic mass is 10.0. The van der Waals surface area contributed by atoms with Gasteiger partial charge in [-0.05, 0) is 59.3 Å². The molecule has 2 N–H and O–H groups in total. The highest BCUT2D eigenvalue weighted by atomic mass is 127. The first kappa shape index (κ1) is 17.6. The number of carbonyl (C=O) groups is 1. The predicted molar refractivity (Wildman–Crippen MR) is 108 cm³/mol. The maximum Gasteiger partial charge on any atom is 0.258 e. The zero-order valence-corrected chi connectivity index (χ0v) is 16.4. The number of halogens is 1. The van der Waals surface area contributed by atoms with Crippen molar-refractivity contribution >= 4 is 45.4 Å². The van der Waals surface area contributed by atoms with Crippen LogP contribution in [-0.4, -0.2) is 20.1 Å². The van der Waals surface area contributed by atoms with Crippen LogP contribution in [-0.2, 0) is 4.79 Å². The van der Waals surface area contributed by atoms with Gasteiger partial charge in [0.25, 0.3) is 5.91 Å². The van der Waals surface area contributed by atoms with Gasteiger partial charge < -0.3 is 20.1 Å². The molecule has 130 valence electrons. The van der Waals surface area contributed by atoms with E-state index in [1.54, 1.807) is 20.3 Å². The summed E-state index contributed by atoms with van der Waals surface area (Å²) >= 11 is 2.27. The van der Waals surface area contributed by atoms with E-state index < -0.39 is 0 Å². The van der Waals surface area contributed by atoms with Crippen molar-refractivity contribution in [1.82, 2.24) is 0 Å². The minimum absolute atomic E-state index is 0.125. The molecule has 1 amide bonds. The van der Waals surface area contributed by atoms with Gasteiger partial charge in [-0.2, -0.15) is 0 Å². The van der Waals surface area contributed by atoms with Gasteiger partial charge in [-0.1, -0.05) is 6.92 Å². The van der Waals surface area contributed by atoms with Crippen LogP contribution in [0.4, 0.5) is 11.4 Å². The van der Waals surface area contributed by atoms with E-state index in [0.29, 0.717) is 23.5 Å². The number of fused-ring (bicyclic) bond motifs is 1. The van der Waals surface area contributed by atoms with E-state index in [2.05, 4.69) is 33.2 Å². The number of ether oxygens (including phenoxy) is 2. The van der Waals surface area contributed by atoms with E-state index in [1.165, 1.54) is 0 Å². The largest absolute Gasteiger partial charge is 0.493 e. The van der Waals surface area contributed by atoms with Crippen LogP contribution in [0.2, 0.25) is 0 Å². The number of benzene rings is 2. The first-order valence-electron chi connectivity index (χ1n) is 7.90. The highest BCUT2D eigenvalue weighted by Crippen LogP contribution is 2.42. The SMILES string of the molecule is CC/C(Nc1ccc(I)cc1)=C1/C(=O)Nc2cc(OC)c(OC)cc21. The molecule has 1 heterocycles. The summed E-state index contributed by atoms with van der Waals surface area (Å²) in [5, 5.41) is 6.29. The number of anilines is 2. The summed E-state index contributed by atoms with van der Waals surface area (Å²) in [6.07, 6.45) is 0.697. The fraction of sp³-hybridized carbons (Fsp3) is 0.211. The highest BCUT2D eigenvalue weighted by Gasteiger charge is 2.29. The molecule has 0 aromatic heterocycles. The molecule has 0 bridgehead atoms. The Bertz CT molecular complexity index is 844. The van der Waals surface area contributed by atoms with E-state index in [1.807, 2.05) is 37.3 Å². The molecule has 1 aliphatic heterocycles. The van der Waals surface area contributed by atoms with Crippen molar-refractivity contribution in [1.29, 1.82) is 0 Å². The minimum Gasteiger partial charge on any atom is -0.493 e. The average Bonchev–Trinajstić information content (AvgIpc) is 2.94. The van der Waals surface area contributed by atoms with E-state index in [9.17, 15) is 4.79 Å². The minimum atomic E-state index is -0.125. The van der Waals surface area contributed by atoms with E-state index in [-0.39, 0.29) is 5.91 Å². The van der Waals surface area contributed by atoms with Gasteiger partial charge in [0.1, 0.15) is 0 Å². The summed E-state index contributed by atoms with van der Waals surface area (Å²) in [7, 11) is 3.16. The second kappa shape index (κ2) is 7.35. The molecule has 2 aromatic rings. The molecule has 3 rings (SSSR count). The van der Waals surface area contributed by atoms with E-state index in [4.69, 9.17) is 9.47 Å². The zero-order chi connectivity index (χ0) is 18.0. The van der Waals surface area contributed by atoms with Crippen molar-refractivity contribution in [3.63, 3.8) is 0 Å². The molecule has 0 saturated heterocycles. The van der Waals surface area contributed by atoms with Gasteiger partial charge in [0.2, 0.25) is 0 Å². The molecule has 0 aliphatic carbocycles. The first-order chi connectivity index (χ1) is 12.1. The number of amides is 1. The molecule has 5 nitrogen and oxygen atoms in total. The third-order valence-electron chi connectivity index (χ3n) is 4.06. The van der Waals surface area contributed by atoms with Gasteiger partial charge in [0.15, 0.2) is 11.5 Å². The van der Waals surface area contributed by atoms with Gasteiger partial charge >= 0.3 is 0 Å². The zero-order valence-electron chi connectivity index (χ0n) is 14.3. The lowest BCUT2D eigenvalue weighted by Gasteiger charge is -2.13. The summed E-state index contributed by atoms with van der Waals surface area (Å²) < 4.78 is 11.9. The smallest absolute Gasteiger partial charge is 0.258 e. The molecule has 0 radical (unpaired) electrons. The van der Waals surface area contributed by atoms with Gasteiger partial charge in [-0.15, -0.1) is 0 Å². The van der Waals surface area contributed by atoms with Crippen LogP contribution in [0, 0.1) is 3.57 Å². The number of rotatable bonds is 5. The molecule has 0 unspecified atom stereocenters. The number of allylic oxidation sites excluding steroid dienone is 1. The number of hydrogen-bond acceptors (Lipinski definition) is 4. The molecule has 6 heteroatoms. The monoisotopic (exact) mass is 450 g/mol. The molecule has 0 atom stereocenters. The summed E-state index contributed by atoms with van der Waals surface area (Å²) in [5.74, 6) is 1.06. The Morgan fingerprint density at radius 2 is 1.76 bits per heavy atom. The van der Waals surface area contributed by atoms with Crippen molar-refractivity contribution in [2.75, 3.05) is 24.9 Å². The quantitative estimate of drug-likeness (QED) is 0.521. The molecule has 1 aliphatic rings. The van der Waals surface area contributed by atoms with Crippen LogP contribution in [0.15, 0.2) is 42.1 Å². The van der Waals surface area contributed by atoms with Crippen LogP contribution in [0.1, 0.15) is 18.9 Å². The second-order valence-electron chi connectivity index (χ2n) is 5.55. The summed E-state index contributed by atoms with van der Waals surface area (Å²) in [6.45, 7) is 2.02. The standard InChI is InChI=1S/C19H19IN2O3/c1-4-14(21-12-7-5-11(20)6-8-12)18-13-9-16(24-2)17(25-3)10-15(13)22-19(18)23/h5-10,21H,4H2,1-3H3,(H,22,23)/b18-14-. The molecular weight excluding hydrogens is 431 g/mol. The molecule has 2 aromatic carbocycles. The van der Waals surface area contributed by atoms with Crippen LogP contribution >= 0.6 is 22.6 Å². The Labute approximate surface area is 160 Å². The highest BCUT2D eigenvalue weighted by molar-refractivity contribution is 14.1. The lowest BCUT2D eigenvalue weighted by Crippen LogP contribution is -2.10. The predicted octanol–water partition coefficient (Wildman–Crippen LogP) is 4.49. The van der Waals surface area contributed by atoms with Gasteiger partial charge in [-0.3, -0.25) is 4.79 Å². The summed E-state index contributed by atoms with van der Waals surface area (Å²) in [6, 6.07) is 11.7. The third kappa shape index (κ3) is 3.44. The van der Waals surface area contributed by atoms with Crippen LogP contribution in [0.5, 0.6) is 11.5 Å². The van der Waals surface area contributed by atoms with Crippen LogP contribution < -0.4 is 20.1 Å². The van der Waals surface area contributed by atoms with Crippen molar-refractivity contribution in [3.8, 4) is 11.5 Å². The van der Waals surface area contributed by atoms with Gasteiger partial charge in [0.05, 0.1) is 25.5 Å². The Hall–Kier alpha value is -2.22. The Morgan fingerprint density at radius 3 is 2.36 bits per heavy atom. The summed E-state index contributed by atoms with van der Waals surface area (Å²) in [5.41, 5.74) is 4.00. The Morgan fingerprint density at radius 1 is 1.12 bits per heavy atom. The second-order valence-corrected chi connectivity index (χ2v) is 6.79. The molecule has 0 fully saturated rings. The van der Waals surface area contributed by atoms with Crippen molar-refractivity contribution < 1.29 is 14.3 Å².